The number of fused-ring (bicyclic) bond motifs is 1. The number of non-ortho nitro benzene ring substituents is 1. The minimum Gasteiger partial charge on any atom is -0.459 e. The van der Waals surface area contributed by atoms with Crippen molar-refractivity contribution in [1.29, 1.82) is 0 Å². The predicted molar refractivity (Wildman–Crippen MR) is 85.0 cm³/mol. The number of carbonyl (C=O) groups excluding carboxylic acids is 1. The van der Waals surface area contributed by atoms with E-state index in [1.165, 1.54) is 24.3 Å². The van der Waals surface area contributed by atoms with E-state index in [-0.39, 0.29) is 17.9 Å². The molecule has 0 bridgehead atoms. The van der Waals surface area contributed by atoms with Crippen LogP contribution in [-0.2, 0) is 18.9 Å². The summed E-state index contributed by atoms with van der Waals surface area (Å²) in [5.74, 6) is -1.53. The third-order valence-corrected chi connectivity index (χ3v) is 3.98. The number of rotatable bonds is 5. The van der Waals surface area contributed by atoms with Gasteiger partial charge in [0.15, 0.2) is 12.0 Å². The number of hydrogen-bond donors (Lipinski definition) is 0. The molecule has 4 atom stereocenters. The number of nitrogens with zero attached hydrogens (tertiary/aromatic N) is 4. The molecule has 11 heteroatoms. The van der Waals surface area contributed by atoms with Gasteiger partial charge in [0.2, 0.25) is 0 Å². The highest BCUT2D eigenvalue weighted by Gasteiger charge is 2.55. The largest absolute Gasteiger partial charge is 0.459 e. The van der Waals surface area contributed by atoms with Crippen molar-refractivity contribution in [2.24, 2.45) is 5.11 Å². The Balaban J connectivity index is 1.64. The molecule has 138 valence electrons. The third kappa shape index (κ3) is 3.60. The zero-order chi connectivity index (χ0) is 18.9. The highest BCUT2D eigenvalue weighted by Crippen LogP contribution is 2.39. The maximum absolute atomic E-state index is 12.1. The van der Waals surface area contributed by atoms with Crippen LogP contribution in [0.15, 0.2) is 29.4 Å². The molecule has 2 saturated heterocycles. The Morgan fingerprint density at radius 3 is 2.62 bits per heavy atom. The highest BCUT2D eigenvalue weighted by atomic mass is 16.8. The molecule has 0 aromatic heterocycles. The van der Waals surface area contributed by atoms with E-state index in [9.17, 15) is 14.9 Å². The van der Waals surface area contributed by atoms with E-state index in [2.05, 4.69) is 10.0 Å². The molecule has 0 aliphatic carbocycles. The fourth-order valence-corrected chi connectivity index (χ4v) is 2.90. The van der Waals surface area contributed by atoms with E-state index in [1.54, 1.807) is 13.8 Å². The van der Waals surface area contributed by atoms with Crippen LogP contribution in [0, 0.1) is 10.1 Å². The van der Waals surface area contributed by atoms with Crippen LogP contribution in [0.25, 0.3) is 10.4 Å². The van der Waals surface area contributed by atoms with Crippen LogP contribution in [0.3, 0.4) is 0 Å². The van der Waals surface area contributed by atoms with Crippen LogP contribution in [0.1, 0.15) is 24.2 Å². The zero-order valence-corrected chi connectivity index (χ0v) is 14.0. The van der Waals surface area contributed by atoms with Crippen molar-refractivity contribution in [3.63, 3.8) is 0 Å². The lowest BCUT2D eigenvalue weighted by Crippen LogP contribution is -2.33. The van der Waals surface area contributed by atoms with Crippen molar-refractivity contribution in [3.8, 4) is 0 Å². The molecular formula is C15H16N4O7. The Morgan fingerprint density at radius 1 is 1.35 bits per heavy atom. The molecule has 2 aliphatic rings. The monoisotopic (exact) mass is 364 g/mol. The minimum atomic E-state index is -0.880. The van der Waals surface area contributed by atoms with E-state index < -0.39 is 41.2 Å². The van der Waals surface area contributed by atoms with Crippen LogP contribution in [0.5, 0.6) is 0 Å². The van der Waals surface area contributed by atoms with E-state index in [0.717, 1.165) is 0 Å². The van der Waals surface area contributed by atoms with Crippen LogP contribution in [-0.4, -0.2) is 47.8 Å². The third-order valence-electron chi connectivity index (χ3n) is 3.98. The molecule has 11 nitrogen and oxygen atoms in total. The first-order valence-corrected chi connectivity index (χ1v) is 7.77. The van der Waals surface area contributed by atoms with Crippen LogP contribution < -0.4 is 0 Å². The van der Waals surface area contributed by atoms with E-state index in [1.807, 2.05) is 0 Å². The Bertz CT molecular complexity index is 760. The Hall–Kier alpha value is -2.72. The second-order valence-electron chi connectivity index (χ2n) is 6.24. The van der Waals surface area contributed by atoms with Gasteiger partial charge in [-0.25, -0.2) is 4.79 Å². The normalized spacial score (nSPS) is 28.8. The number of nitro groups is 1. The lowest BCUT2D eigenvalue weighted by molar-refractivity contribution is -0.384. The second-order valence-corrected chi connectivity index (χ2v) is 6.24. The second kappa shape index (κ2) is 6.89. The molecule has 0 saturated carbocycles. The van der Waals surface area contributed by atoms with Crippen molar-refractivity contribution < 1.29 is 28.7 Å². The first-order chi connectivity index (χ1) is 12.3. The summed E-state index contributed by atoms with van der Waals surface area (Å²) in [4.78, 5) is 24.9. The van der Waals surface area contributed by atoms with Gasteiger partial charge in [0, 0.05) is 17.0 Å². The summed E-state index contributed by atoms with van der Waals surface area (Å²) in [5.41, 5.74) is 8.68. The molecular weight excluding hydrogens is 348 g/mol. The molecule has 1 aromatic carbocycles. The van der Waals surface area contributed by atoms with Gasteiger partial charge in [-0.3, -0.25) is 10.1 Å². The predicted octanol–water partition coefficient (Wildman–Crippen LogP) is 2.31. The fourth-order valence-electron chi connectivity index (χ4n) is 2.90. The van der Waals surface area contributed by atoms with Crippen molar-refractivity contribution in [2.75, 3.05) is 6.61 Å². The topological polar surface area (TPSA) is 146 Å². The summed E-state index contributed by atoms with van der Waals surface area (Å²) in [7, 11) is 0. The van der Waals surface area contributed by atoms with Crippen LogP contribution in [0.2, 0.25) is 0 Å². The molecule has 0 N–H and O–H groups in total. The van der Waals surface area contributed by atoms with Gasteiger partial charge in [0.25, 0.3) is 5.69 Å². The van der Waals surface area contributed by atoms with E-state index >= 15 is 0 Å². The number of azide groups is 1. The molecule has 0 amide bonds. The van der Waals surface area contributed by atoms with Gasteiger partial charge in [-0.05, 0) is 31.5 Å². The van der Waals surface area contributed by atoms with Gasteiger partial charge in [-0.2, -0.15) is 0 Å². The molecule has 26 heavy (non-hydrogen) atoms. The number of hydrogen-bond acceptors (Lipinski definition) is 8. The first kappa shape index (κ1) is 18.1. The number of esters is 1. The average Bonchev–Trinajstić information content (AvgIpc) is 3.07. The van der Waals surface area contributed by atoms with Gasteiger partial charge < -0.3 is 18.9 Å². The number of nitro benzene ring substituents is 1. The Labute approximate surface area is 147 Å². The molecule has 0 spiro atoms. The smallest absolute Gasteiger partial charge is 0.338 e. The maximum atomic E-state index is 12.1. The quantitative estimate of drug-likeness (QED) is 0.194. The van der Waals surface area contributed by atoms with Gasteiger partial charge in [-0.15, -0.1) is 0 Å². The van der Waals surface area contributed by atoms with Gasteiger partial charge in [0.1, 0.15) is 24.9 Å². The summed E-state index contributed by atoms with van der Waals surface area (Å²) in [5, 5.41) is 14.2. The summed E-state index contributed by atoms with van der Waals surface area (Å²) in [6.07, 6.45) is -2.69. The minimum absolute atomic E-state index is 0.125. The number of carbonyl (C=O) groups is 1. The van der Waals surface area contributed by atoms with E-state index in [4.69, 9.17) is 24.5 Å². The summed E-state index contributed by atoms with van der Waals surface area (Å²) in [6, 6.07) is 5.04. The molecule has 2 aliphatic heterocycles. The van der Waals surface area contributed by atoms with Crippen molar-refractivity contribution in [1.82, 2.24) is 0 Å². The summed E-state index contributed by atoms with van der Waals surface area (Å²) >= 11 is 0. The standard InChI is InChI=1S/C15H16N4O7/c1-15(2)25-11-10(24-13(17-18-16)12(11)26-15)7-23-14(20)8-3-5-9(6-4-8)19(21)22/h3-6,10-13H,7H2,1-2H3/t10-,11-,12-,13+/m1/s1. The average molecular weight is 364 g/mol. The first-order valence-electron chi connectivity index (χ1n) is 7.77. The molecule has 2 heterocycles. The maximum Gasteiger partial charge on any atom is 0.338 e. The van der Waals surface area contributed by atoms with E-state index in [0.29, 0.717) is 0 Å². The van der Waals surface area contributed by atoms with Crippen molar-refractivity contribution >= 4 is 11.7 Å². The van der Waals surface area contributed by atoms with Crippen LogP contribution in [0.4, 0.5) is 5.69 Å². The van der Waals surface area contributed by atoms with Gasteiger partial charge >= 0.3 is 5.97 Å². The SMILES string of the molecule is CC1(C)O[C@@H]2[C@H](O1)[C@@H](COC(=O)c1ccc([N+](=O)[O-])cc1)O[C@@H]2N=[N+]=[N-]. The number of ether oxygens (including phenoxy) is 4. The molecule has 1 aromatic rings. The lowest BCUT2D eigenvalue weighted by Gasteiger charge is -2.22. The lowest BCUT2D eigenvalue weighted by atomic mass is 10.1. The van der Waals surface area contributed by atoms with Gasteiger partial charge in [-0.1, -0.05) is 5.11 Å². The molecule has 0 unspecified atom stereocenters. The highest BCUT2D eigenvalue weighted by molar-refractivity contribution is 5.89. The Kier molecular flexibility index (Phi) is 4.79. The molecule has 0 radical (unpaired) electrons. The zero-order valence-electron chi connectivity index (χ0n) is 14.0. The van der Waals surface area contributed by atoms with Crippen molar-refractivity contribution in [2.45, 2.75) is 44.2 Å². The number of benzene rings is 1. The fraction of sp³-hybridized carbons (Fsp3) is 0.533. The summed E-state index contributed by atoms with van der Waals surface area (Å²) < 4.78 is 22.2. The Morgan fingerprint density at radius 2 is 2.00 bits per heavy atom. The molecule has 3 rings (SSSR count). The van der Waals surface area contributed by atoms with Crippen molar-refractivity contribution in [3.05, 3.63) is 50.4 Å². The van der Waals surface area contributed by atoms with Crippen LogP contribution >= 0.6 is 0 Å². The van der Waals surface area contributed by atoms with Gasteiger partial charge in [0.05, 0.1) is 10.5 Å². The molecule has 2 fully saturated rings. The summed E-state index contributed by atoms with van der Waals surface area (Å²) in [6.45, 7) is 3.30.